The van der Waals surface area contributed by atoms with Crippen LogP contribution in [0.5, 0.6) is 5.75 Å². The number of carbonyl (C=O) groups is 1. The molecule has 2 heterocycles. The van der Waals surface area contributed by atoms with Crippen molar-refractivity contribution in [1.82, 2.24) is 25.1 Å². The number of aryl methyl sites for hydroxylation is 2. The molecule has 0 aliphatic rings. The van der Waals surface area contributed by atoms with Gasteiger partial charge in [0.05, 0.1) is 36.3 Å². The van der Waals surface area contributed by atoms with Gasteiger partial charge in [-0.15, -0.1) is 0 Å². The average molecular weight is 351 g/mol. The molecule has 7 nitrogen and oxygen atoms in total. The van der Waals surface area contributed by atoms with Crippen LogP contribution in [0.15, 0.2) is 36.7 Å². The summed E-state index contributed by atoms with van der Waals surface area (Å²) in [7, 11) is 3.46. The Morgan fingerprint density at radius 1 is 1.19 bits per heavy atom. The van der Waals surface area contributed by atoms with E-state index in [1.807, 2.05) is 51.2 Å². The topological polar surface area (TPSA) is 81.9 Å². The van der Waals surface area contributed by atoms with Crippen molar-refractivity contribution in [1.29, 1.82) is 0 Å². The summed E-state index contributed by atoms with van der Waals surface area (Å²) < 4.78 is 6.87. The number of carbonyl (C=O) groups excluding carboxylic acids is 1. The first-order valence-electron chi connectivity index (χ1n) is 8.23. The van der Waals surface area contributed by atoms with Gasteiger partial charge in [0.1, 0.15) is 12.1 Å². The van der Waals surface area contributed by atoms with Gasteiger partial charge in [0.25, 0.3) is 5.91 Å². The Hall–Kier alpha value is -3.22. The Labute approximate surface area is 152 Å². The highest BCUT2D eigenvalue weighted by atomic mass is 16.5. The molecule has 0 aliphatic carbocycles. The SMILES string of the molecule is COc1ccc(-c2cc(CNC(=O)c3c(C)nn(C)c3C)ncn2)cc1. The second-order valence-corrected chi connectivity index (χ2v) is 5.98. The van der Waals surface area contributed by atoms with Gasteiger partial charge in [0.2, 0.25) is 0 Å². The van der Waals surface area contributed by atoms with Gasteiger partial charge < -0.3 is 10.1 Å². The molecule has 134 valence electrons. The zero-order chi connectivity index (χ0) is 18.7. The smallest absolute Gasteiger partial charge is 0.255 e. The monoisotopic (exact) mass is 351 g/mol. The highest BCUT2D eigenvalue weighted by Crippen LogP contribution is 2.20. The summed E-state index contributed by atoms with van der Waals surface area (Å²) in [5.41, 5.74) is 4.64. The summed E-state index contributed by atoms with van der Waals surface area (Å²) in [5, 5.41) is 7.18. The van der Waals surface area contributed by atoms with Gasteiger partial charge >= 0.3 is 0 Å². The van der Waals surface area contributed by atoms with Crippen molar-refractivity contribution in [2.45, 2.75) is 20.4 Å². The molecule has 0 bridgehead atoms. The summed E-state index contributed by atoms with van der Waals surface area (Å²) >= 11 is 0. The van der Waals surface area contributed by atoms with Gasteiger partial charge in [-0.05, 0) is 44.2 Å². The second-order valence-electron chi connectivity index (χ2n) is 5.98. The van der Waals surface area contributed by atoms with Crippen LogP contribution in [0.3, 0.4) is 0 Å². The molecule has 0 unspecified atom stereocenters. The van der Waals surface area contributed by atoms with Crippen molar-refractivity contribution in [3.63, 3.8) is 0 Å². The van der Waals surface area contributed by atoms with Crippen molar-refractivity contribution in [2.75, 3.05) is 7.11 Å². The van der Waals surface area contributed by atoms with Crippen LogP contribution in [0.25, 0.3) is 11.3 Å². The van der Waals surface area contributed by atoms with Crippen molar-refractivity contribution >= 4 is 5.91 Å². The van der Waals surface area contributed by atoms with E-state index in [2.05, 4.69) is 20.4 Å². The highest BCUT2D eigenvalue weighted by molar-refractivity contribution is 5.96. The summed E-state index contributed by atoms with van der Waals surface area (Å²) in [6.07, 6.45) is 1.50. The molecule has 0 radical (unpaired) electrons. The average Bonchev–Trinajstić information content (AvgIpc) is 2.92. The first-order valence-corrected chi connectivity index (χ1v) is 8.23. The number of nitrogens with zero attached hydrogens (tertiary/aromatic N) is 4. The molecule has 26 heavy (non-hydrogen) atoms. The van der Waals surface area contributed by atoms with Gasteiger partial charge in [-0.25, -0.2) is 9.97 Å². The Kier molecular flexibility index (Phi) is 4.97. The van der Waals surface area contributed by atoms with Gasteiger partial charge in [-0.3, -0.25) is 9.48 Å². The van der Waals surface area contributed by atoms with Crippen LogP contribution in [0, 0.1) is 13.8 Å². The van der Waals surface area contributed by atoms with E-state index in [9.17, 15) is 4.79 Å². The van der Waals surface area contributed by atoms with Crippen LogP contribution in [0.1, 0.15) is 27.4 Å². The summed E-state index contributed by atoms with van der Waals surface area (Å²) in [6.45, 7) is 4.02. The third kappa shape index (κ3) is 3.56. The molecule has 2 aromatic heterocycles. The minimum absolute atomic E-state index is 0.155. The van der Waals surface area contributed by atoms with Gasteiger partial charge in [-0.1, -0.05) is 0 Å². The van der Waals surface area contributed by atoms with Crippen molar-refractivity contribution in [2.24, 2.45) is 7.05 Å². The van der Waals surface area contributed by atoms with E-state index in [-0.39, 0.29) is 5.91 Å². The quantitative estimate of drug-likeness (QED) is 0.763. The largest absolute Gasteiger partial charge is 0.497 e. The molecule has 3 aromatic rings. The van der Waals surface area contributed by atoms with Crippen LogP contribution < -0.4 is 10.1 Å². The number of methoxy groups -OCH3 is 1. The maximum Gasteiger partial charge on any atom is 0.255 e. The van der Waals surface area contributed by atoms with E-state index in [0.29, 0.717) is 17.8 Å². The van der Waals surface area contributed by atoms with Crippen LogP contribution in [0.2, 0.25) is 0 Å². The van der Waals surface area contributed by atoms with Gasteiger partial charge in [0, 0.05) is 18.3 Å². The first-order chi connectivity index (χ1) is 12.5. The van der Waals surface area contributed by atoms with Crippen molar-refractivity contribution in [3.05, 3.63) is 59.3 Å². The number of rotatable bonds is 5. The Bertz CT molecular complexity index is 932. The lowest BCUT2D eigenvalue weighted by Crippen LogP contribution is -2.24. The molecule has 1 amide bonds. The number of nitrogens with one attached hydrogen (secondary N) is 1. The molecule has 1 N–H and O–H groups in total. The fourth-order valence-electron chi connectivity index (χ4n) is 2.78. The maximum absolute atomic E-state index is 12.5. The highest BCUT2D eigenvalue weighted by Gasteiger charge is 2.17. The zero-order valence-corrected chi connectivity index (χ0v) is 15.3. The molecule has 3 rings (SSSR count). The molecule has 0 atom stereocenters. The standard InChI is InChI=1S/C19H21N5O2/c1-12-18(13(2)24(3)23-12)19(25)20-10-15-9-17(22-11-21-15)14-5-7-16(26-4)8-6-14/h5-9,11H,10H2,1-4H3,(H,20,25). The summed E-state index contributed by atoms with van der Waals surface area (Å²) in [5.74, 6) is 0.634. The maximum atomic E-state index is 12.5. The van der Waals surface area contributed by atoms with Crippen LogP contribution in [-0.4, -0.2) is 32.8 Å². The lowest BCUT2D eigenvalue weighted by atomic mass is 10.1. The minimum Gasteiger partial charge on any atom is -0.497 e. The summed E-state index contributed by atoms with van der Waals surface area (Å²) in [4.78, 5) is 21.0. The number of ether oxygens (including phenoxy) is 1. The number of hydrogen-bond acceptors (Lipinski definition) is 5. The number of aromatic nitrogens is 4. The van der Waals surface area contributed by atoms with E-state index in [1.54, 1.807) is 11.8 Å². The van der Waals surface area contributed by atoms with E-state index < -0.39 is 0 Å². The fraction of sp³-hybridized carbons (Fsp3) is 0.263. The lowest BCUT2D eigenvalue weighted by molar-refractivity contribution is 0.0949. The fourth-order valence-corrected chi connectivity index (χ4v) is 2.78. The molecule has 0 fully saturated rings. The second kappa shape index (κ2) is 7.35. The van der Waals surface area contributed by atoms with E-state index in [0.717, 1.165) is 28.4 Å². The van der Waals surface area contributed by atoms with E-state index >= 15 is 0 Å². The molecule has 0 spiro atoms. The molecule has 0 saturated heterocycles. The summed E-state index contributed by atoms with van der Waals surface area (Å²) in [6, 6.07) is 9.50. The van der Waals surface area contributed by atoms with E-state index in [4.69, 9.17) is 4.74 Å². The third-order valence-electron chi connectivity index (χ3n) is 4.28. The Balaban J connectivity index is 1.73. The predicted octanol–water partition coefficient (Wildman–Crippen LogP) is 2.43. The normalized spacial score (nSPS) is 10.6. The number of hydrogen-bond donors (Lipinski definition) is 1. The minimum atomic E-state index is -0.155. The molecule has 7 heteroatoms. The molecule has 0 aliphatic heterocycles. The van der Waals surface area contributed by atoms with Crippen LogP contribution in [-0.2, 0) is 13.6 Å². The molecular weight excluding hydrogens is 330 g/mol. The van der Waals surface area contributed by atoms with Gasteiger partial charge in [0.15, 0.2) is 0 Å². The molecule has 0 saturated carbocycles. The third-order valence-corrected chi connectivity index (χ3v) is 4.28. The predicted molar refractivity (Wildman–Crippen MR) is 97.9 cm³/mol. The zero-order valence-electron chi connectivity index (χ0n) is 15.3. The van der Waals surface area contributed by atoms with Crippen LogP contribution in [0.4, 0.5) is 0 Å². The van der Waals surface area contributed by atoms with Gasteiger partial charge in [-0.2, -0.15) is 5.10 Å². The molecular formula is C19H21N5O2. The van der Waals surface area contributed by atoms with E-state index in [1.165, 1.54) is 6.33 Å². The first kappa shape index (κ1) is 17.6. The van der Waals surface area contributed by atoms with Crippen LogP contribution >= 0.6 is 0 Å². The van der Waals surface area contributed by atoms with Crippen molar-refractivity contribution in [3.8, 4) is 17.0 Å². The Morgan fingerprint density at radius 2 is 1.92 bits per heavy atom. The number of benzene rings is 1. The molecule has 1 aromatic carbocycles. The Morgan fingerprint density at radius 3 is 2.54 bits per heavy atom. The lowest BCUT2D eigenvalue weighted by Gasteiger charge is -2.07. The number of amides is 1. The van der Waals surface area contributed by atoms with Crippen molar-refractivity contribution < 1.29 is 9.53 Å².